The summed E-state index contributed by atoms with van der Waals surface area (Å²) in [5.41, 5.74) is 2.45. The van der Waals surface area contributed by atoms with Crippen LogP contribution in [0.25, 0.3) is 0 Å². The zero-order valence-electron chi connectivity index (χ0n) is 11.7. The monoisotopic (exact) mass is 260 g/mol. The van der Waals surface area contributed by atoms with Gasteiger partial charge in [-0.05, 0) is 49.4 Å². The van der Waals surface area contributed by atoms with Crippen LogP contribution in [-0.4, -0.2) is 35.7 Å². The predicted molar refractivity (Wildman–Crippen MR) is 77.4 cm³/mol. The second kappa shape index (κ2) is 5.51. The highest BCUT2D eigenvalue weighted by atomic mass is 16.3. The van der Waals surface area contributed by atoms with E-state index in [0.717, 1.165) is 44.1 Å². The smallest absolute Gasteiger partial charge is 0.119 e. The maximum atomic E-state index is 9.85. The van der Waals surface area contributed by atoms with Gasteiger partial charge in [0, 0.05) is 25.2 Å². The number of nitrogens with one attached hydrogen (secondary N) is 1. The number of phenolic OH excluding ortho intramolecular Hbond substituents is 1. The Kier molecular flexibility index (Phi) is 3.76. The Morgan fingerprint density at radius 2 is 2.16 bits per heavy atom. The zero-order valence-corrected chi connectivity index (χ0v) is 11.7. The summed E-state index contributed by atoms with van der Waals surface area (Å²) in [4.78, 5) is 2.57. The molecule has 0 heterocycles. The molecular formula is C16H24N2O. The molecule has 3 rings (SSSR count). The van der Waals surface area contributed by atoms with Crippen molar-refractivity contribution in [1.29, 1.82) is 0 Å². The van der Waals surface area contributed by atoms with Crippen LogP contribution >= 0.6 is 0 Å². The zero-order chi connectivity index (χ0) is 13.2. The van der Waals surface area contributed by atoms with E-state index in [1.165, 1.54) is 18.4 Å². The Morgan fingerprint density at radius 1 is 1.32 bits per heavy atom. The molecule has 0 radical (unpaired) electrons. The van der Waals surface area contributed by atoms with Crippen LogP contribution in [0.1, 0.15) is 43.4 Å². The van der Waals surface area contributed by atoms with Gasteiger partial charge >= 0.3 is 0 Å². The fourth-order valence-corrected chi connectivity index (χ4v) is 3.27. The van der Waals surface area contributed by atoms with Crippen molar-refractivity contribution in [2.45, 2.75) is 44.7 Å². The highest BCUT2D eigenvalue weighted by Crippen LogP contribution is 2.36. The summed E-state index contributed by atoms with van der Waals surface area (Å²) in [6.45, 7) is 5.60. The Bertz CT molecular complexity index is 442. The summed E-state index contributed by atoms with van der Waals surface area (Å²) in [5, 5.41) is 13.5. The van der Waals surface area contributed by atoms with Crippen LogP contribution < -0.4 is 5.32 Å². The maximum absolute atomic E-state index is 9.85. The van der Waals surface area contributed by atoms with E-state index in [1.54, 1.807) is 6.07 Å². The lowest BCUT2D eigenvalue weighted by molar-refractivity contribution is 0.272. The molecule has 0 saturated heterocycles. The number of hydrogen-bond donors (Lipinski definition) is 2. The van der Waals surface area contributed by atoms with E-state index in [-0.39, 0.29) is 0 Å². The van der Waals surface area contributed by atoms with Gasteiger partial charge in [0.05, 0.1) is 0 Å². The van der Waals surface area contributed by atoms with E-state index in [4.69, 9.17) is 0 Å². The molecule has 2 N–H and O–H groups in total. The van der Waals surface area contributed by atoms with Gasteiger partial charge in [-0.3, -0.25) is 4.90 Å². The molecule has 0 aliphatic heterocycles. The lowest BCUT2D eigenvalue weighted by Crippen LogP contribution is -2.34. The second-order valence-corrected chi connectivity index (χ2v) is 5.75. The highest BCUT2D eigenvalue weighted by molar-refractivity contribution is 5.44. The van der Waals surface area contributed by atoms with Gasteiger partial charge in [-0.15, -0.1) is 0 Å². The third-order valence-corrected chi connectivity index (χ3v) is 4.51. The average Bonchev–Trinajstić information content (AvgIpc) is 3.17. The highest BCUT2D eigenvalue weighted by Gasteiger charge is 2.28. The summed E-state index contributed by atoms with van der Waals surface area (Å²) in [6, 6.07) is 7.19. The van der Waals surface area contributed by atoms with Gasteiger partial charge in [0.1, 0.15) is 5.75 Å². The van der Waals surface area contributed by atoms with E-state index in [0.29, 0.717) is 11.8 Å². The molecule has 0 spiro atoms. The number of benzene rings is 1. The fourth-order valence-electron chi connectivity index (χ4n) is 3.27. The fraction of sp³-hybridized carbons (Fsp3) is 0.625. The number of aromatic hydroxyl groups is 1. The second-order valence-electron chi connectivity index (χ2n) is 5.75. The molecule has 0 aromatic heterocycles. The van der Waals surface area contributed by atoms with Crippen molar-refractivity contribution in [3.8, 4) is 5.75 Å². The minimum atomic E-state index is 0.431. The quantitative estimate of drug-likeness (QED) is 0.824. The molecule has 0 amide bonds. The number of rotatable bonds is 6. The van der Waals surface area contributed by atoms with Crippen molar-refractivity contribution >= 4 is 0 Å². The summed E-state index contributed by atoms with van der Waals surface area (Å²) in [6.07, 6.45) is 4.88. The number of hydrogen-bond acceptors (Lipinski definition) is 3. The number of likely N-dealkylation sites (N-methyl/N-ethyl adjacent to an activating group) is 1. The Labute approximate surface area is 115 Å². The average molecular weight is 260 g/mol. The summed E-state index contributed by atoms with van der Waals surface area (Å²) < 4.78 is 0. The Hall–Kier alpha value is -1.06. The SMILES string of the molecule is CCN(CCNC1CCc2c(O)cccc21)C1CC1. The van der Waals surface area contributed by atoms with E-state index in [1.807, 2.05) is 6.07 Å². The van der Waals surface area contributed by atoms with Crippen molar-refractivity contribution < 1.29 is 5.11 Å². The normalized spacial score (nSPS) is 21.9. The number of fused-ring (bicyclic) bond motifs is 1. The van der Waals surface area contributed by atoms with Gasteiger partial charge in [-0.2, -0.15) is 0 Å². The molecule has 2 aliphatic carbocycles. The third kappa shape index (κ3) is 2.77. The largest absolute Gasteiger partial charge is 0.508 e. The molecule has 3 nitrogen and oxygen atoms in total. The third-order valence-electron chi connectivity index (χ3n) is 4.51. The standard InChI is InChI=1S/C16H24N2O/c1-2-18(12-6-7-12)11-10-17-15-9-8-14-13(15)4-3-5-16(14)19/h3-5,12,15,17,19H,2,6-11H2,1H3. The first-order chi connectivity index (χ1) is 9.29. The van der Waals surface area contributed by atoms with Crippen molar-refractivity contribution in [3.05, 3.63) is 29.3 Å². The number of nitrogens with zero attached hydrogens (tertiary/aromatic N) is 1. The van der Waals surface area contributed by atoms with E-state index in [2.05, 4.69) is 23.2 Å². The maximum Gasteiger partial charge on any atom is 0.119 e. The molecule has 3 heteroatoms. The van der Waals surface area contributed by atoms with E-state index in [9.17, 15) is 5.11 Å². The van der Waals surface area contributed by atoms with Crippen LogP contribution in [0.2, 0.25) is 0 Å². The van der Waals surface area contributed by atoms with Gasteiger partial charge in [0.25, 0.3) is 0 Å². The Morgan fingerprint density at radius 3 is 2.89 bits per heavy atom. The molecular weight excluding hydrogens is 236 g/mol. The predicted octanol–water partition coefficient (Wildman–Crippen LogP) is 2.45. The molecule has 1 unspecified atom stereocenters. The van der Waals surface area contributed by atoms with Gasteiger partial charge < -0.3 is 10.4 Å². The van der Waals surface area contributed by atoms with Gasteiger partial charge in [-0.25, -0.2) is 0 Å². The molecule has 19 heavy (non-hydrogen) atoms. The van der Waals surface area contributed by atoms with Crippen LogP contribution in [0.3, 0.4) is 0 Å². The summed E-state index contributed by atoms with van der Waals surface area (Å²) in [5.74, 6) is 0.468. The van der Waals surface area contributed by atoms with Crippen LogP contribution in [0.5, 0.6) is 5.75 Å². The molecule has 1 atom stereocenters. The first-order valence-electron chi connectivity index (χ1n) is 7.57. The lowest BCUT2D eigenvalue weighted by Gasteiger charge is -2.22. The van der Waals surface area contributed by atoms with Gasteiger partial charge in [-0.1, -0.05) is 19.1 Å². The molecule has 104 valence electrons. The van der Waals surface area contributed by atoms with Crippen molar-refractivity contribution in [1.82, 2.24) is 10.2 Å². The summed E-state index contributed by atoms with van der Waals surface area (Å²) >= 11 is 0. The number of phenols is 1. The minimum absolute atomic E-state index is 0.431. The first-order valence-corrected chi connectivity index (χ1v) is 7.57. The van der Waals surface area contributed by atoms with Crippen molar-refractivity contribution in [2.24, 2.45) is 0 Å². The minimum Gasteiger partial charge on any atom is -0.508 e. The lowest BCUT2D eigenvalue weighted by atomic mass is 10.1. The molecule has 1 fully saturated rings. The van der Waals surface area contributed by atoms with Crippen LogP contribution in [0, 0.1) is 0 Å². The Balaban J connectivity index is 1.53. The first kappa shape index (κ1) is 12.9. The van der Waals surface area contributed by atoms with Crippen LogP contribution in [0.15, 0.2) is 18.2 Å². The van der Waals surface area contributed by atoms with Gasteiger partial charge in [0.2, 0.25) is 0 Å². The van der Waals surface area contributed by atoms with E-state index >= 15 is 0 Å². The molecule has 0 bridgehead atoms. The van der Waals surface area contributed by atoms with Crippen molar-refractivity contribution in [3.63, 3.8) is 0 Å². The van der Waals surface area contributed by atoms with E-state index < -0.39 is 0 Å². The molecule has 1 aromatic rings. The van der Waals surface area contributed by atoms with Crippen LogP contribution in [0.4, 0.5) is 0 Å². The van der Waals surface area contributed by atoms with Crippen LogP contribution in [-0.2, 0) is 6.42 Å². The van der Waals surface area contributed by atoms with Crippen molar-refractivity contribution in [2.75, 3.05) is 19.6 Å². The topological polar surface area (TPSA) is 35.5 Å². The molecule has 1 aromatic carbocycles. The van der Waals surface area contributed by atoms with Gasteiger partial charge in [0.15, 0.2) is 0 Å². The summed E-state index contributed by atoms with van der Waals surface area (Å²) in [7, 11) is 0. The molecule has 2 aliphatic rings. The molecule has 1 saturated carbocycles.